The van der Waals surface area contributed by atoms with E-state index >= 15 is 0 Å². The molecule has 0 aliphatic rings. The van der Waals surface area contributed by atoms with Crippen molar-refractivity contribution in [1.82, 2.24) is 0 Å². The van der Waals surface area contributed by atoms with Gasteiger partial charge in [-0.25, -0.2) is 0 Å². The van der Waals surface area contributed by atoms with Gasteiger partial charge in [-0.15, -0.1) is 3.63 Å². The Hall–Kier alpha value is 2.62. The Morgan fingerprint density at radius 1 is 1.09 bits per heavy atom. The number of hydrogen-bond acceptors (Lipinski definition) is 5. The van der Waals surface area contributed by atoms with E-state index < -0.39 is 18.1 Å². The molecule has 0 amide bonds. The zero-order valence-corrected chi connectivity index (χ0v) is 13.0. The van der Waals surface area contributed by atoms with Crippen LogP contribution < -0.4 is 59.1 Å². The molecular formula is H4Na2O5S4. The summed E-state index contributed by atoms with van der Waals surface area (Å²) in [6.07, 6.45) is 0. The third-order valence-electron chi connectivity index (χ3n) is 0.172. The monoisotopic (exact) mass is 258 g/mol. The van der Waals surface area contributed by atoms with Crippen LogP contribution in [0, 0.1) is 0 Å². The molecule has 0 spiro atoms. The van der Waals surface area contributed by atoms with Gasteiger partial charge >= 0.3 is 59.1 Å². The van der Waals surface area contributed by atoms with E-state index in [1.165, 1.54) is 0 Å². The number of hydrogen-bond donors (Lipinski definition) is 2. The predicted octanol–water partition coefficient (Wildman–Crippen LogP) is -6.50. The molecule has 0 fully saturated rings. The van der Waals surface area contributed by atoms with Crippen LogP contribution in [0.25, 0.3) is 0 Å². The van der Waals surface area contributed by atoms with Crippen molar-refractivity contribution in [2.45, 2.75) is 0 Å². The van der Waals surface area contributed by atoms with Crippen molar-refractivity contribution >= 4 is 40.5 Å². The Morgan fingerprint density at radius 3 is 1.27 bits per heavy atom. The summed E-state index contributed by atoms with van der Waals surface area (Å²) in [5.74, 6) is 0. The summed E-state index contributed by atoms with van der Waals surface area (Å²) in [5.41, 5.74) is 0. The second kappa shape index (κ2) is 6.98. The predicted molar refractivity (Wildman–Crippen MR) is 39.6 cm³/mol. The summed E-state index contributed by atoms with van der Waals surface area (Å²) in [5, 5.41) is 0. The van der Waals surface area contributed by atoms with Gasteiger partial charge in [-0.05, 0) is 0 Å². The van der Waals surface area contributed by atoms with Gasteiger partial charge in [0.2, 0.25) is 0 Å². The van der Waals surface area contributed by atoms with Crippen molar-refractivity contribution in [2.24, 2.45) is 0 Å². The van der Waals surface area contributed by atoms with E-state index in [-0.39, 0.29) is 62.0 Å². The van der Waals surface area contributed by atoms with Gasteiger partial charge in [0.25, 0.3) is 18.1 Å². The molecule has 11 heteroatoms. The Morgan fingerprint density at radius 2 is 1.27 bits per heavy atom. The fourth-order valence-corrected chi connectivity index (χ4v) is 2.65. The van der Waals surface area contributed by atoms with Gasteiger partial charge in [0.1, 0.15) is 0 Å². The molecule has 0 aromatic carbocycles. The average Bonchev–Trinajstić information content (AvgIpc) is 1.14. The van der Waals surface area contributed by atoms with Crippen LogP contribution in [0.1, 0.15) is 2.85 Å². The summed E-state index contributed by atoms with van der Waals surface area (Å²) in [6, 6.07) is 0. The van der Waals surface area contributed by atoms with Gasteiger partial charge in [-0.1, -0.05) is 0 Å². The minimum atomic E-state index is -4.08. The maximum atomic E-state index is 9.94. The zero-order chi connectivity index (χ0) is 7.71. The number of rotatable bonds is 2. The molecule has 0 aromatic rings. The molecule has 0 bridgehead atoms. The fraction of sp³-hybridized carbons (Fsp3) is 0. The average molecular weight is 258 g/mol. The van der Waals surface area contributed by atoms with Crippen molar-refractivity contribution in [3.63, 3.8) is 0 Å². The first-order chi connectivity index (χ1) is 3.71. The van der Waals surface area contributed by atoms with Crippen LogP contribution in [0.5, 0.6) is 0 Å². The molecule has 0 rings (SSSR count). The van der Waals surface area contributed by atoms with Gasteiger partial charge in [-0.2, -0.15) is 8.42 Å². The van der Waals surface area contributed by atoms with E-state index in [2.05, 4.69) is 26.0 Å². The summed E-state index contributed by atoms with van der Waals surface area (Å²) in [7, 11) is -8.16. The van der Waals surface area contributed by atoms with Crippen LogP contribution >= 0.6 is 0 Å². The van der Waals surface area contributed by atoms with Crippen LogP contribution in [-0.4, -0.2) is 17.5 Å². The van der Waals surface area contributed by atoms with E-state index in [9.17, 15) is 8.42 Å². The van der Waals surface area contributed by atoms with E-state index in [0.717, 1.165) is 0 Å². The molecule has 0 aliphatic carbocycles. The third-order valence-corrected chi connectivity index (χ3v) is 2.55. The van der Waals surface area contributed by atoms with Crippen molar-refractivity contribution in [2.75, 3.05) is 0 Å². The topological polar surface area (TPSA) is 83.8 Å². The van der Waals surface area contributed by atoms with E-state index in [1.54, 1.807) is 0 Å². The van der Waals surface area contributed by atoms with Crippen molar-refractivity contribution in [3.05, 3.63) is 0 Å². The molecule has 11 heavy (non-hydrogen) atoms. The molecule has 0 heterocycles. The molecule has 2 N–H and O–H groups in total. The Bertz CT molecular complexity index is 250. The SMILES string of the molecule is O=S(O)(=S)OS(=O)(O)=S.[H-].[H-].[Na+].[Na+]. The van der Waals surface area contributed by atoms with Gasteiger partial charge < -0.3 is 2.85 Å². The molecule has 0 saturated heterocycles. The summed E-state index contributed by atoms with van der Waals surface area (Å²) in [6.45, 7) is 0. The van der Waals surface area contributed by atoms with Crippen LogP contribution in [0.4, 0.5) is 0 Å². The van der Waals surface area contributed by atoms with Crippen LogP contribution in [-0.2, 0) is 44.1 Å². The maximum Gasteiger partial charge on any atom is 1.00 e. The van der Waals surface area contributed by atoms with E-state index in [0.29, 0.717) is 0 Å². The van der Waals surface area contributed by atoms with Crippen molar-refractivity contribution in [3.8, 4) is 0 Å². The molecule has 5 nitrogen and oxygen atoms in total. The second-order valence-corrected chi connectivity index (χ2v) is 5.71. The van der Waals surface area contributed by atoms with Gasteiger partial charge in [0.15, 0.2) is 0 Å². The minimum Gasteiger partial charge on any atom is -1.00 e. The molecule has 0 aromatic heterocycles. The largest absolute Gasteiger partial charge is 1.00 e. The standard InChI is InChI=1S/2Na.H2O5S4.2H/c;;1-8(2,6)5-9(3,4)7;;/h;;(H,1,2,6)(H,3,4,7);;/q2*+1;;2*-1. The second-order valence-electron chi connectivity index (χ2n) is 0.924. The first-order valence-electron chi connectivity index (χ1n) is 1.37. The molecular weight excluding hydrogens is 254 g/mol. The molecule has 0 unspecified atom stereocenters. The van der Waals surface area contributed by atoms with E-state index in [1.807, 2.05) is 0 Å². The molecule has 0 aliphatic heterocycles. The van der Waals surface area contributed by atoms with E-state index in [4.69, 9.17) is 9.11 Å². The van der Waals surface area contributed by atoms with Gasteiger partial charge in [0, 0.05) is 22.4 Å². The Balaban J connectivity index is -0.0000000533. The summed E-state index contributed by atoms with van der Waals surface area (Å²) < 4.78 is 39.4. The molecule has 60 valence electrons. The smallest absolute Gasteiger partial charge is 1.00 e. The normalized spacial score (nSPS) is 19.8. The Kier molecular flexibility index (Phi) is 12.2. The molecule has 0 saturated carbocycles. The van der Waals surface area contributed by atoms with Crippen molar-refractivity contribution in [1.29, 1.82) is 0 Å². The quantitative estimate of drug-likeness (QED) is 0.476. The Labute approximate surface area is 122 Å². The van der Waals surface area contributed by atoms with Crippen LogP contribution in [0.2, 0.25) is 0 Å². The van der Waals surface area contributed by atoms with Crippen LogP contribution in [0.3, 0.4) is 0 Å². The van der Waals surface area contributed by atoms with Gasteiger partial charge in [0.05, 0.1) is 0 Å². The van der Waals surface area contributed by atoms with Crippen LogP contribution in [0.15, 0.2) is 0 Å². The summed E-state index contributed by atoms with van der Waals surface area (Å²) in [4.78, 5) is 0. The first-order valence-corrected chi connectivity index (χ1v) is 6.10. The molecule has 0 radical (unpaired) electrons. The zero-order valence-electron chi connectivity index (χ0n) is 7.75. The third kappa shape index (κ3) is 19.2. The fourth-order valence-electron chi connectivity index (χ4n) is 0.109. The van der Waals surface area contributed by atoms with Gasteiger partial charge in [-0.3, -0.25) is 9.11 Å². The minimum absolute atomic E-state index is 0. The first kappa shape index (κ1) is 19.2. The van der Waals surface area contributed by atoms with Crippen molar-refractivity contribution < 1.29 is 83.1 Å². The molecule has 0 atom stereocenters. The maximum absolute atomic E-state index is 9.94. The summed E-state index contributed by atoms with van der Waals surface area (Å²) >= 11 is 7.38.